The molecule has 7 heteroatoms. The molecule has 180 valence electrons. The molecule has 1 aliphatic rings. The van der Waals surface area contributed by atoms with Gasteiger partial charge < -0.3 is 14.7 Å². The number of unbranched alkanes of at least 4 members (excludes halogenated alkanes) is 1. The van der Waals surface area contributed by atoms with Gasteiger partial charge in [0.25, 0.3) is 11.7 Å². The van der Waals surface area contributed by atoms with Crippen LogP contribution in [0, 0.1) is 6.92 Å². The number of amides is 1. The van der Waals surface area contributed by atoms with Gasteiger partial charge >= 0.3 is 0 Å². The van der Waals surface area contributed by atoms with Crippen molar-refractivity contribution in [2.75, 3.05) is 6.61 Å². The normalized spacial score (nSPS) is 17.1. The minimum absolute atomic E-state index is 0.0692. The van der Waals surface area contributed by atoms with Gasteiger partial charge in [0.1, 0.15) is 11.5 Å². The first-order chi connectivity index (χ1) is 16.9. The van der Waals surface area contributed by atoms with Gasteiger partial charge in [0.05, 0.1) is 18.2 Å². The summed E-state index contributed by atoms with van der Waals surface area (Å²) in [5, 5.41) is 11.4. The summed E-state index contributed by atoms with van der Waals surface area (Å²) in [4.78, 5) is 32.1. The second kappa shape index (κ2) is 10.9. The SMILES string of the molecule is CCCCOc1ccc(/C(O)=C2\C(=O)C(=O)N(Cc3cccnc3)[C@H]2c2cccc(Br)c2)c(C)c1. The molecule has 2 aromatic carbocycles. The third-order valence-electron chi connectivity index (χ3n) is 6.00. The monoisotopic (exact) mass is 534 g/mol. The summed E-state index contributed by atoms with van der Waals surface area (Å²) in [5.41, 5.74) is 2.83. The first-order valence-electron chi connectivity index (χ1n) is 11.6. The predicted octanol–water partition coefficient (Wildman–Crippen LogP) is 5.95. The Hall–Kier alpha value is -3.45. The minimum atomic E-state index is -0.743. The van der Waals surface area contributed by atoms with Crippen LogP contribution in [0.1, 0.15) is 48.1 Å². The highest BCUT2D eigenvalue weighted by Gasteiger charge is 2.46. The molecule has 1 amide bonds. The van der Waals surface area contributed by atoms with Crippen LogP contribution in [0.3, 0.4) is 0 Å². The molecule has 6 nitrogen and oxygen atoms in total. The molecule has 3 aromatic rings. The number of nitrogens with zero attached hydrogens (tertiary/aromatic N) is 2. The quantitative estimate of drug-likeness (QED) is 0.167. The summed E-state index contributed by atoms with van der Waals surface area (Å²) in [6.45, 7) is 4.75. The molecular weight excluding hydrogens is 508 g/mol. The van der Waals surface area contributed by atoms with Crippen molar-refractivity contribution < 1.29 is 19.4 Å². The number of ketones is 1. The number of aromatic nitrogens is 1. The number of rotatable bonds is 8. The lowest BCUT2D eigenvalue weighted by molar-refractivity contribution is -0.140. The number of ether oxygens (including phenoxy) is 1. The van der Waals surface area contributed by atoms with Crippen molar-refractivity contribution in [3.63, 3.8) is 0 Å². The fourth-order valence-electron chi connectivity index (χ4n) is 4.23. The Morgan fingerprint density at radius 2 is 1.97 bits per heavy atom. The van der Waals surface area contributed by atoms with Gasteiger partial charge in [-0.15, -0.1) is 0 Å². The lowest BCUT2D eigenvalue weighted by Crippen LogP contribution is -2.29. The maximum atomic E-state index is 13.3. The van der Waals surface area contributed by atoms with Crippen molar-refractivity contribution in [1.82, 2.24) is 9.88 Å². The Morgan fingerprint density at radius 3 is 2.66 bits per heavy atom. The molecule has 1 fully saturated rings. The largest absolute Gasteiger partial charge is 0.507 e. The lowest BCUT2D eigenvalue weighted by atomic mass is 9.94. The number of pyridine rings is 1. The van der Waals surface area contributed by atoms with E-state index in [4.69, 9.17) is 4.74 Å². The van der Waals surface area contributed by atoms with Crippen LogP contribution in [0.15, 0.2) is 77.0 Å². The van der Waals surface area contributed by atoms with Crippen LogP contribution in [0.5, 0.6) is 5.75 Å². The molecule has 4 rings (SSSR count). The Kier molecular flexibility index (Phi) is 7.66. The van der Waals surface area contributed by atoms with Crippen molar-refractivity contribution in [3.05, 3.63) is 99.3 Å². The fraction of sp³-hybridized carbons (Fsp3) is 0.250. The summed E-state index contributed by atoms with van der Waals surface area (Å²) < 4.78 is 6.59. The van der Waals surface area contributed by atoms with E-state index in [1.165, 1.54) is 4.90 Å². The van der Waals surface area contributed by atoms with Crippen LogP contribution >= 0.6 is 15.9 Å². The second-order valence-corrected chi connectivity index (χ2v) is 9.44. The van der Waals surface area contributed by atoms with Gasteiger partial charge in [-0.25, -0.2) is 0 Å². The summed E-state index contributed by atoms with van der Waals surface area (Å²) in [6, 6.07) is 15.7. The van der Waals surface area contributed by atoms with Crippen LogP contribution in [-0.4, -0.2) is 33.3 Å². The highest BCUT2D eigenvalue weighted by molar-refractivity contribution is 9.10. The average molecular weight is 535 g/mol. The van der Waals surface area contributed by atoms with Crippen molar-refractivity contribution >= 4 is 33.4 Å². The molecule has 1 aliphatic heterocycles. The Labute approximate surface area is 213 Å². The number of halogens is 1. The highest BCUT2D eigenvalue weighted by atomic mass is 79.9. The van der Waals surface area contributed by atoms with E-state index in [1.807, 2.05) is 43.3 Å². The standard InChI is InChI=1S/C28H27BrN2O4/c1-3-4-13-35-22-10-11-23(18(2)14-22)26(32)24-25(20-8-5-9-21(29)15-20)31(28(34)27(24)33)17-19-7-6-12-30-16-19/h5-12,14-16,25,32H,3-4,13,17H2,1-2H3/b26-24+/t25-/m0/s1. The van der Waals surface area contributed by atoms with Crippen molar-refractivity contribution in [2.45, 2.75) is 39.3 Å². The number of aliphatic hydroxyl groups excluding tert-OH is 1. The minimum Gasteiger partial charge on any atom is -0.507 e. The lowest BCUT2D eigenvalue weighted by Gasteiger charge is -2.25. The summed E-state index contributed by atoms with van der Waals surface area (Å²) in [5.74, 6) is -0.857. The molecule has 0 spiro atoms. The molecule has 1 atom stereocenters. The Morgan fingerprint density at radius 1 is 1.14 bits per heavy atom. The Balaban J connectivity index is 1.79. The van der Waals surface area contributed by atoms with Crippen LogP contribution in [-0.2, 0) is 16.1 Å². The highest BCUT2D eigenvalue weighted by Crippen LogP contribution is 2.41. The van der Waals surface area contributed by atoms with E-state index in [0.29, 0.717) is 17.9 Å². The molecule has 2 heterocycles. The molecule has 1 N–H and O–H groups in total. The molecule has 1 aromatic heterocycles. The summed E-state index contributed by atoms with van der Waals surface area (Å²) in [7, 11) is 0. The topological polar surface area (TPSA) is 79.7 Å². The molecule has 0 radical (unpaired) electrons. The Bertz CT molecular complexity index is 1270. The number of carbonyl (C=O) groups is 2. The maximum Gasteiger partial charge on any atom is 0.295 e. The van der Waals surface area contributed by atoms with Gasteiger partial charge in [0.2, 0.25) is 0 Å². The number of hydrogen-bond donors (Lipinski definition) is 1. The smallest absolute Gasteiger partial charge is 0.295 e. The molecule has 35 heavy (non-hydrogen) atoms. The number of aliphatic hydroxyl groups is 1. The number of likely N-dealkylation sites (tertiary alicyclic amines) is 1. The number of carbonyl (C=O) groups excluding carboxylic acids is 2. The van der Waals surface area contributed by atoms with E-state index in [2.05, 4.69) is 27.8 Å². The number of aryl methyl sites for hydroxylation is 1. The van der Waals surface area contributed by atoms with E-state index in [0.717, 1.165) is 34.0 Å². The molecular formula is C28H27BrN2O4. The molecule has 0 aliphatic carbocycles. The van der Waals surface area contributed by atoms with E-state index < -0.39 is 17.7 Å². The fourth-order valence-corrected chi connectivity index (χ4v) is 4.64. The van der Waals surface area contributed by atoms with Gasteiger partial charge in [-0.05, 0) is 66.4 Å². The third kappa shape index (κ3) is 5.30. The first-order valence-corrected chi connectivity index (χ1v) is 12.4. The maximum absolute atomic E-state index is 13.3. The summed E-state index contributed by atoms with van der Waals surface area (Å²) >= 11 is 3.48. The molecule has 0 unspecified atom stereocenters. The van der Waals surface area contributed by atoms with Crippen molar-refractivity contribution in [2.24, 2.45) is 0 Å². The van der Waals surface area contributed by atoms with E-state index in [-0.39, 0.29) is 17.9 Å². The second-order valence-electron chi connectivity index (χ2n) is 8.52. The van der Waals surface area contributed by atoms with Crippen LogP contribution in [0.25, 0.3) is 5.76 Å². The summed E-state index contributed by atoms with van der Waals surface area (Å²) in [6.07, 6.45) is 5.31. The average Bonchev–Trinajstić information content (AvgIpc) is 3.09. The van der Waals surface area contributed by atoms with Crippen molar-refractivity contribution in [1.29, 1.82) is 0 Å². The van der Waals surface area contributed by atoms with Crippen molar-refractivity contribution in [3.8, 4) is 5.75 Å². The number of benzene rings is 2. The van der Waals surface area contributed by atoms with E-state index >= 15 is 0 Å². The molecule has 1 saturated heterocycles. The van der Waals surface area contributed by atoms with Gasteiger partial charge in [0.15, 0.2) is 0 Å². The van der Waals surface area contributed by atoms with E-state index in [1.54, 1.807) is 30.6 Å². The van der Waals surface area contributed by atoms with Gasteiger partial charge in [-0.3, -0.25) is 14.6 Å². The van der Waals surface area contributed by atoms with Gasteiger partial charge in [-0.1, -0.05) is 47.5 Å². The van der Waals surface area contributed by atoms with Crippen LogP contribution < -0.4 is 4.74 Å². The van der Waals surface area contributed by atoms with Crippen LogP contribution in [0.2, 0.25) is 0 Å². The van der Waals surface area contributed by atoms with Crippen LogP contribution in [0.4, 0.5) is 0 Å². The van der Waals surface area contributed by atoms with Gasteiger partial charge in [-0.2, -0.15) is 0 Å². The predicted molar refractivity (Wildman–Crippen MR) is 138 cm³/mol. The number of hydrogen-bond acceptors (Lipinski definition) is 5. The van der Waals surface area contributed by atoms with E-state index in [9.17, 15) is 14.7 Å². The third-order valence-corrected chi connectivity index (χ3v) is 6.49. The zero-order valence-electron chi connectivity index (χ0n) is 19.7. The zero-order valence-corrected chi connectivity index (χ0v) is 21.3. The number of Topliss-reactive ketones (excluding diaryl/α,β-unsaturated/α-hetero) is 1. The molecule has 0 saturated carbocycles. The first kappa shape index (κ1) is 24.7. The van der Waals surface area contributed by atoms with Gasteiger partial charge in [0, 0.05) is 29.0 Å². The molecule has 0 bridgehead atoms. The zero-order chi connectivity index (χ0) is 24.9.